The molecular weight excluding hydrogens is 240 g/mol. The highest BCUT2D eigenvalue weighted by Crippen LogP contribution is 2.19. The summed E-state index contributed by atoms with van der Waals surface area (Å²) in [7, 11) is 0. The Labute approximate surface area is 103 Å². The minimum absolute atomic E-state index is 0.0884. The number of amides is 1. The average Bonchev–Trinajstić information content (AvgIpc) is 2.27. The van der Waals surface area contributed by atoms with Gasteiger partial charge in [0, 0.05) is 11.6 Å². The van der Waals surface area contributed by atoms with Crippen molar-refractivity contribution in [1.82, 2.24) is 0 Å². The van der Waals surface area contributed by atoms with Crippen molar-refractivity contribution in [2.45, 2.75) is 20.0 Å². The van der Waals surface area contributed by atoms with Crippen LogP contribution in [0.5, 0.6) is 0 Å². The number of nitrogens with two attached hydrogens (primary N) is 1. The number of nitro groups is 1. The molecule has 0 aliphatic rings. The third-order valence-corrected chi connectivity index (χ3v) is 2.31. The van der Waals surface area contributed by atoms with Crippen LogP contribution in [0, 0.1) is 17.0 Å². The van der Waals surface area contributed by atoms with Crippen LogP contribution in [-0.4, -0.2) is 22.9 Å². The first-order valence-corrected chi connectivity index (χ1v) is 5.08. The summed E-state index contributed by atoms with van der Waals surface area (Å²) in [6.45, 7) is 2.85. The van der Waals surface area contributed by atoms with Crippen molar-refractivity contribution in [3.05, 3.63) is 39.4 Å². The molecular formula is C11H12N2O5. The van der Waals surface area contributed by atoms with E-state index in [1.165, 1.54) is 32.0 Å². The van der Waals surface area contributed by atoms with Crippen LogP contribution in [0.2, 0.25) is 0 Å². The van der Waals surface area contributed by atoms with Gasteiger partial charge in [0.15, 0.2) is 6.10 Å². The van der Waals surface area contributed by atoms with E-state index in [1.54, 1.807) is 0 Å². The average molecular weight is 252 g/mol. The number of nitro benzene ring substituents is 1. The third-order valence-electron chi connectivity index (χ3n) is 2.31. The van der Waals surface area contributed by atoms with Gasteiger partial charge < -0.3 is 10.5 Å². The number of esters is 1. The van der Waals surface area contributed by atoms with E-state index in [4.69, 9.17) is 10.5 Å². The van der Waals surface area contributed by atoms with E-state index >= 15 is 0 Å². The first-order valence-electron chi connectivity index (χ1n) is 5.08. The Morgan fingerprint density at radius 3 is 2.50 bits per heavy atom. The zero-order valence-electron chi connectivity index (χ0n) is 9.88. The molecule has 0 aromatic heterocycles. The molecule has 0 aliphatic heterocycles. The summed E-state index contributed by atoms with van der Waals surface area (Å²) in [5, 5.41) is 10.6. The van der Waals surface area contributed by atoms with E-state index in [1.807, 2.05) is 0 Å². The standard InChI is InChI=1S/C11H12N2O5/c1-6-5-8(3-4-9(6)13(16)17)11(15)18-7(2)10(12)14/h3-5,7H,1-2H3,(H2,12,14)/t7-/m1/s1. The highest BCUT2D eigenvalue weighted by atomic mass is 16.6. The molecule has 7 nitrogen and oxygen atoms in total. The number of hydrogen-bond acceptors (Lipinski definition) is 5. The summed E-state index contributed by atoms with van der Waals surface area (Å²) in [6, 6.07) is 3.80. The van der Waals surface area contributed by atoms with E-state index in [0.29, 0.717) is 5.56 Å². The summed E-state index contributed by atoms with van der Waals surface area (Å²) >= 11 is 0. The maximum absolute atomic E-state index is 11.6. The van der Waals surface area contributed by atoms with Gasteiger partial charge >= 0.3 is 5.97 Å². The van der Waals surface area contributed by atoms with E-state index in [2.05, 4.69) is 0 Å². The highest BCUT2D eigenvalue weighted by molar-refractivity contribution is 5.92. The molecule has 0 fully saturated rings. The smallest absolute Gasteiger partial charge is 0.338 e. The molecule has 1 aromatic rings. The van der Waals surface area contributed by atoms with Gasteiger partial charge in [0.05, 0.1) is 10.5 Å². The van der Waals surface area contributed by atoms with Gasteiger partial charge in [-0.2, -0.15) is 0 Å². The van der Waals surface area contributed by atoms with Crippen LogP contribution < -0.4 is 5.73 Å². The Kier molecular flexibility index (Phi) is 3.98. The van der Waals surface area contributed by atoms with Crippen molar-refractivity contribution in [1.29, 1.82) is 0 Å². The van der Waals surface area contributed by atoms with Gasteiger partial charge in [0.25, 0.3) is 11.6 Å². The zero-order valence-corrected chi connectivity index (χ0v) is 9.88. The molecule has 1 aromatic carbocycles. The summed E-state index contributed by atoms with van der Waals surface area (Å²) in [5.74, 6) is -1.51. The summed E-state index contributed by atoms with van der Waals surface area (Å²) in [6.07, 6.45) is -1.05. The minimum Gasteiger partial charge on any atom is -0.449 e. The minimum atomic E-state index is -1.05. The lowest BCUT2D eigenvalue weighted by Crippen LogP contribution is -2.30. The second-order valence-electron chi connectivity index (χ2n) is 3.71. The Balaban J connectivity index is 2.91. The van der Waals surface area contributed by atoms with Crippen LogP contribution in [0.1, 0.15) is 22.8 Å². The molecule has 1 atom stereocenters. The largest absolute Gasteiger partial charge is 0.449 e. The molecule has 1 amide bonds. The van der Waals surface area contributed by atoms with Crippen LogP contribution >= 0.6 is 0 Å². The fourth-order valence-electron chi connectivity index (χ4n) is 1.27. The van der Waals surface area contributed by atoms with E-state index < -0.39 is 22.9 Å². The van der Waals surface area contributed by atoms with Gasteiger partial charge in [-0.15, -0.1) is 0 Å². The highest BCUT2D eigenvalue weighted by Gasteiger charge is 2.18. The summed E-state index contributed by atoms with van der Waals surface area (Å²) in [5.41, 5.74) is 5.33. The quantitative estimate of drug-likeness (QED) is 0.486. The molecule has 7 heteroatoms. The van der Waals surface area contributed by atoms with Crippen LogP contribution in [0.3, 0.4) is 0 Å². The molecule has 0 aliphatic carbocycles. The molecule has 18 heavy (non-hydrogen) atoms. The molecule has 2 N–H and O–H groups in total. The Hall–Kier alpha value is -2.44. The predicted octanol–water partition coefficient (Wildman–Crippen LogP) is 0.934. The fourth-order valence-corrected chi connectivity index (χ4v) is 1.27. The van der Waals surface area contributed by atoms with E-state index in [9.17, 15) is 19.7 Å². The molecule has 96 valence electrons. The molecule has 0 heterocycles. The van der Waals surface area contributed by atoms with E-state index in [-0.39, 0.29) is 11.3 Å². The number of benzene rings is 1. The number of carbonyl (C=O) groups excluding carboxylic acids is 2. The Bertz CT molecular complexity index is 512. The molecule has 0 radical (unpaired) electrons. The predicted molar refractivity (Wildman–Crippen MR) is 61.9 cm³/mol. The normalized spacial score (nSPS) is 11.7. The number of carbonyl (C=O) groups is 2. The van der Waals surface area contributed by atoms with Crippen LogP contribution in [-0.2, 0) is 9.53 Å². The Morgan fingerprint density at radius 2 is 2.06 bits per heavy atom. The zero-order chi connectivity index (χ0) is 13.9. The van der Waals surface area contributed by atoms with Gasteiger partial charge in [0.1, 0.15) is 0 Å². The molecule has 1 rings (SSSR count). The Morgan fingerprint density at radius 1 is 1.44 bits per heavy atom. The monoisotopic (exact) mass is 252 g/mol. The topological polar surface area (TPSA) is 113 Å². The molecule has 0 bridgehead atoms. The second-order valence-corrected chi connectivity index (χ2v) is 3.71. The number of ether oxygens (including phenoxy) is 1. The summed E-state index contributed by atoms with van der Waals surface area (Å²) in [4.78, 5) is 32.4. The van der Waals surface area contributed by atoms with Gasteiger partial charge in [0.2, 0.25) is 0 Å². The van der Waals surface area contributed by atoms with Gasteiger partial charge in [-0.3, -0.25) is 14.9 Å². The first kappa shape index (κ1) is 13.6. The fraction of sp³-hybridized carbons (Fsp3) is 0.273. The maximum Gasteiger partial charge on any atom is 0.338 e. The van der Waals surface area contributed by atoms with Crippen molar-refractivity contribution in [3.63, 3.8) is 0 Å². The maximum atomic E-state index is 11.6. The van der Waals surface area contributed by atoms with Crippen molar-refractivity contribution in [2.75, 3.05) is 0 Å². The SMILES string of the molecule is Cc1cc(C(=O)O[C@H](C)C(N)=O)ccc1[N+](=O)[O-]. The van der Waals surface area contributed by atoms with E-state index in [0.717, 1.165) is 0 Å². The molecule has 0 unspecified atom stereocenters. The van der Waals surface area contributed by atoms with Crippen LogP contribution in [0.15, 0.2) is 18.2 Å². The number of aryl methyl sites for hydroxylation is 1. The second kappa shape index (κ2) is 5.26. The lowest BCUT2D eigenvalue weighted by atomic mass is 10.1. The van der Waals surface area contributed by atoms with Crippen molar-refractivity contribution >= 4 is 17.6 Å². The molecule has 0 spiro atoms. The van der Waals surface area contributed by atoms with Gasteiger partial charge in [-0.25, -0.2) is 4.79 Å². The van der Waals surface area contributed by atoms with Gasteiger partial charge in [-0.1, -0.05) is 0 Å². The van der Waals surface area contributed by atoms with Gasteiger partial charge in [-0.05, 0) is 26.0 Å². The van der Waals surface area contributed by atoms with Crippen molar-refractivity contribution < 1.29 is 19.2 Å². The van der Waals surface area contributed by atoms with Crippen LogP contribution in [0.4, 0.5) is 5.69 Å². The first-order chi connectivity index (χ1) is 8.32. The molecule has 0 saturated heterocycles. The van der Waals surface area contributed by atoms with Crippen molar-refractivity contribution in [2.24, 2.45) is 5.73 Å². The number of hydrogen-bond donors (Lipinski definition) is 1. The number of rotatable bonds is 4. The number of primary amides is 1. The number of nitrogens with zero attached hydrogens (tertiary/aromatic N) is 1. The lowest BCUT2D eigenvalue weighted by molar-refractivity contribution is -0.385. The van der Waals surface area contributed by atoms with Crippen molar-refractivity contribution in [3.8, 4) is 0 Å². The lowest BCUT2D eigenvalue weighted by Gasteiger charge is -2.09. The molecule has 0 saturated carbocycles. The van der Waals surface area contributed by atoms with Crippen LogP contribution in [0.25, 0.3) is 0 Å². The summed E-state index contributed by atoms with van der Waals surface area (Å²) < 4.78 is 4.77. The third kappa shape index (κ3) is 3.03.